The number of carbonyl (C=O) groups excluding carboxylic acids is 1. The minimum absolute atomic E-state index is 0.0315. The van der Waals surface area contributed by atoms with Crippen LogP contribution in [0.2, 0.25) is 0 Å². The number of hydrogen-bond acceptors (Lipinski definition) is 5. The van der Waals surface area contributed by atoms with E-state index in [0.717, 1.165) is 11.3 Å². The highest BCUT2D eigenvalue weighted by atomic mass is 32.1. The predicted molar refractivity (Wildman–Crippen MR) is 107 cm³/mol. The number of nitriles is 1. The van der Waals surface area contributed by atoms with Crippen LogP contribution in [0, 0.1) is 11.3 Å². The molecule has 1 N–H and O–H groups in total. The minimum atomic E-state index is -0.146. The maximum absolute atomic E-state index is 12.6. The summed E-state index contributed by atoms with van der Waals surface area (Å²) in [6, 6.07) is 19.6. The van der Waals surface area contributed by atoms with Crippen molar-refractivity contribution >= 4 is 22.2 Å². The highest BCUT2D eigenvalue weighted by Gasteiger charge is 2.21. The number of hydrogen-bond donors (Lipinski definition) is 1. The second-order valence-electron chi connectivity index (χ2n) is 6.14. The molecule has 1 aromatic carbocycles. The van der Waals surface area contributed by atoms with Crippen molar-refractivity contribution in [3.05, 3.63) is 83.0 Å². The van der Waals surface area contributed by atoms with Crippen LogP contribution in [0.4, 0.5) is 5.00 Å². The molecule has 3 rings (SSSR count). The molecular weight excluding hydrogens is 356 g/mol. The van der Waals surface area contributed by atoms with Gasteiger partial charge in [0.15, 0.2) is 0 Å². The third-order valence-electron chi connectivity index (χ3n) is 4.28. The fraction of sp³-hybridized carbons (Fsp3) is 0.190. The normalized spacial score (nSPS) is 11.7. The lowest BCUT2D eigenvalue weighted by Crippen LogP contribution is -2.35. The maximum Gasteiger partial charge on any atom is 0.239 e. The Morgan fingerprint density at radius 2 is 2.00 bits per heavy atom. The van der Waals surface area contributed by atoms with Gasteiger partial charge in [-0.05, 0) is 36.1 Å². The zero-order chi connectivity index (χ0) is 19.1. The van der Waals surface area contributed by atoms with Crippen LogP contribution in [-0.4, -0.2) is 22.3 Å². The van der Waals surface area contributed by atoms with Crippen LogP contribution in [0.1, 0.15) is 29.8 Å². The van der Waals surface area contributed by atoms with Gasteiger partial charge in [0.05, 0.1) is 23.8 Å². The Hall–Kier alpha value is -3.01. The van der Waals surface area contributed by atoms with Crippen LogP contribution in [0.3, 0.4) is 0 Å². The summed E-state index contributed by atoms with van der Waals surface area (Å²) < 4.78 is 0. The van der Waals surface area contributed by atoms with E-state index >= 15 is 0 Å². The van der Waals surface area contributed by atoms with E-state index < -0.39 is 0 Å². The van der Waals surface area contributed by atoms with Crippen LogP contribution >= 0.6 is 11.3 Å². The van der Waals surface area contributed by atoms with E-state index in [4.69, 9.17) is 5.26 Å². The monoisotopic (exact) mass is 376 g/mol. The molecule has 2 heterocycles. The smallest absolute Gasteiger partial charge is 0.239 e. The Balaban J connectivity index is 1.76. The molecule has 1 unspecified atom stereocenters. The Bertz CT molecular complexity index is 918. The molecule has 0 saturated carbocycles. The first-order valence-corrected chi connectivity index (χ1v) is 9.51. The lowest BCUT2D eigenvalue weighted by atomic mass is 10.1. The predicted octanol–water partition coefficient (Wildman–Crippen LogP) is 4.22. The third kappa shape index (κ3) is 5.00. The number of pyridine rings is 1. The van der Waals surface area contributed by atoms with Gasteiger partial charge < -0.3 is 5.32 Å². The molecule has 0 aliphatic carbocycles. The number of aromatic nitrogens is 1. The van der Waals surface area contributed by atoms with Crippen LogP contribution < -0.4 is 5.32 Å². The topological polar surface area (TPSA) is 69.0 Å². The lowest BCUT2D eigenvalue weighted by molar-refractivity contribution is -0.118. The number of rotatable bonds is 7. The number of nitrogens with one attached hydrogen (secondary N) is 1. The molecule has 1 atom stereocenters. The van der Waals surface area contributed by atoms with E-state index in [9.17, 15) is 4.79 Å². The summed E-state index contributed by atoms with van der Waals surface area (Å²) in [4.78, 5) is 19.2. The number of nitrogens with zero attached hydrogens (tertiary/aromatic N) is 3. The van der Waals surface area contributed by atoms with Crippen LogP contribution in [-0.2, 0) is 11.3 Å². The molecule has 0 radical (unpaired) electrons. The van der Waals surface area contributed by atoms with E-state index in [1.54, 1.807) is 17.6 Å². The number of thiophene rings is 1. The molecule has 0 saturated heterocycles. The third-order valence-corrected chi connectivity index (χ3v) is 5.11. The van der Waals surface area contributed by atoms with Crippen molar-refractivity contribution in [2.24, 2.45) is 0 Å². The molecule has 5 nitrogen and oxygen atoms in total. The van der Waals surface area contributed by atoms with E-state index in [0.29, 0.717) is 17.1 Å². The van der Waals surface area contributed by atoms with Gasteiger partial charge in [0, 0.05) is 12.7 Å². The largest absolute Gasteiger partial charge is 0.315 e. The SMILES string of the molecule is CC(c1ccccn1)N(CC(=O)Nc1sccc1C#N)Cc1ccccc1. The first-order chi connectivity index (χ1) is 13.2. The minimum Gasteiger partial charge on any atom is -0.315 e. The molecule has 0 aliphatic heterocycles. The molecule has 136 valence electrons. The number of anilines is 1. The molecule has 0 bridgehead atoms. The summed E-state index contributed by atoms with van der Waals surface area (Å²) in [6.07, 6.45) is 1.76. The highest BCUT2D eigenvalue weighted by molar-refractivity contribution is 7.14. The van der Waals surface area contributed by atoms with Gasteiger partial charge in [-0.1, -0.05) is 36.4 Å². The van der Waals surface area contributed by atoms with Gasteiger partial charge in [-0.25, -0.2) is 0 Å². The Kier molecular flexibility index (Phi) is 6.31. The van der Waals surface area contributed by atoms with Crippen LogP contribution in [0.5, 0.6) is 0 Å². The van der Waals surface area contributed by atoms with Gasteiger partial charge in [-0.2, -0.15) is 5.26 Å². The van der Waals surface area contributed by atoms with Crippen molar-refractivity contribution in [2.45, 2.75) is 19.5 Å². The summed E-state index contributed by atoms with van der Waals surface area (Å²) in [5, 5.41) is 14.4. The zero-order valence-corrected chi connectivity index (χ0v) is 15.8. The van der Waals surface area contributed by atoms with Crippen LogP contribution in [0.15, 0.2) is 66.2 Å². The van der Waals surface area contributed by atoms with Gasteiger partial charge in [-0.15, -0.1) is 11.3 Å². The molecule has 2 aromatic heterocycles. The standard InChI is InChI=1S/C21H20N4OS/c1-16(19-9-5-6-11-23-19)25(14-17-7-3-2-4-8-17)15-20(26)24-21-18(13-22)10-12-27-21/h2-12,16H,14-15H2,1H3,(H,24,26). The Morgan fingerprint density at radius 3 is 2.70 bits per heavy atom. The molecule has 27 heavy (non-hydrogen) atoms. The molecule has 6 heteroatoms. The van der Waals surface area contributed by atoms with Gasteiger partial charge >= 0.3 is 0 Å². The lowest BCUT2D eigenvalue weighted by Gasteiger charge is -2.28. The van der Waals surface area contributed by atoms with Crippen molar-refractivity contribution < 1.29 is 4.79 Å². The Morgan fingerprint density at radius 1 is 1.22 bits per heavy atom. The van der Waals surface area contributed by atoms with Crippen molar-refractivity contribution in [3.8, 4) is 6.07 Å². The van der Waals surface area contributed by atoms with E-state index in [-0.39, 0.29) is 18.5 Å². The molecule has 3 aromatic rings. The van der Waals surface area contributed by atoms with Crippen LogP contribution in [0.25, 0.3) is 0 Å². The quantitative estimate of drug-likeness (QED) is 0.670. The van der Waals surface area contributed by atoms with E-state index in [2.05, 4.69) is 21.3 Å². The number of benzene rings is 1. The maximum atomic E-state index is 12.6. The number of amides is 1. The van der Waals surface area contributed by atoms with Crippen molar-refractivity contribution in [1.29, 1.82) is 5.26 Å². The van der Waals surface area contributed by atoms with Crippen molar-refractivity contribution in [1.82, 2.24) is 9.88 Å². The fourth-order valence-electron chi connectivity index (χ4n) is 2.80. The summed E-state index contributed by atoms with van der Waals surface area (Å²) in [5.74, 6) is -0.146. The van der Waals surface area contributed by atoms with Gasteiger partial charge in [0.25, 0.3) is 0 Å². The molecular formula is C21H20N4OS. The van der Waals surface area contributed by atoms with E-state index in [1.807, 2.05) is 55.5 Å². The van der Waals surface area contributed by atoms with E-state index in [1.165, 1.54) is 11.3 Å². The summed E-state index contributed by atoms with van der Waals surface area (Å²) >= 11 is 1.35. The number of carbonyl (C=O) groups is 1. The van der Waals surface area contributed by atoms with Gasteiger partial charge in [0.2, 0.25) is 5.91 Å². The zero-order valence-electron chi connectivity index (χ0n) is 15.0. The first kappa shape index (κ1) is 18.8. The summed E-state index contributed by atoms with van der Waals surface area (Å²) in [6.45, 7) is 2.88. The average molecular weight is 376 g/mol. The molecule has 1 amide bonds. The molecule has 0 spiro atoms. The first-order valence-electron chi connectivity index (χ1n) is 8.63. The van der Waals surface area contributed by atoms with Gasteiger partial charge in [-0.3, -0.25) is 14.7 Å². The highest BCUT2D eigenvalue weighted by Crippen LogP contribution is 2.24. The molecule has 0 aliphatic rings. The Labute approximate surface area is 162 Å². The average Bonchev–Trinajstić information content (AvgIpc) is 3.15. The fourth-order valence-corrected chi connectivity index (χ4v) is 3.56. The summed E-state index contributed by atoms with van der Waals surface area (Å²) in [7, 11) is 0. The molecule has 0 fully saturated rings. The van der Waals surface area contributed by atoms with Gasteiger partial charge in [0.1, 0.15) is 11.1 Å². The second kappa shape index (κ2) is 9.08. The van der Waals surface area contributed by atoms with Crippen molar-refractivity contribution in [3.63, 3.8) is 0 Å². The second-order valence-corrected chi connectivity index (χ2v) is 7.06. The van der Waals surface area contributed by atoms with Crippen molar-refractivity contribution in [2.75, 3.05) is 11.9 Å². The summed E-state index contributed by atoms with van der Waals surface area (Å²) in [5.41, 5.74) is 2.53.